The van der Waals surface area contributed by atoms with Crippen LogP contribution in [0.3, 0.4) is 0 Å². The molecular weight excluding hydrogens is 981 g/mol. The number of rotatable bonds is 26. The first-order valence-electron chi connectivity index (χ1n) is 21.6. The van der Waals surface area contributed by atoms with E-state index < -0.39 is 41.7 Å². The Bertz CT molecular complexity index is 2250. The van der Waals surface area contributed by atoms with Crippen molar-refractivity contribution >= 4 is 65.4 Å². The Hall–Kier alpha value is -9.87. The fourth-order valence-electron chi connectivity index (χ4n) is 3.38. The Labute approximate surface area is 437 Å². The highest BCUT2D eigenvalue weighted by atomic mass is 16.6. The largest absolute Gasteiger partial charge is 0.462 e. The average Bonchev–Trinajstić information content (AvgIpc) is 3.71. The lowest BCUT2D eigenvalue weighted by atomic mass is 10.3. The van der Waals surface area contributed by atoms with Gasteiger partial charge in [-0.25, -0.2) is 28.8 Å². The number of nitrogens with zero attached hydrogens (tertiary/aromatic N) is 1. The number of terminal acetylenes is 6. The molecule has 0 radical (unpaired) electrons. The third kappa shape index (κ3) is 60.2. The highest BCUT2D eigenvalue weighted by molar-refractivity contribution is 6.13. The molecule has 0 saturated heterocycles. The maximum Gasteiger partial charge on any atom is 0.333 e. The molecule has 0 saturated carbocycles. The van der Waals surface area contributed by atoms with E-state index in [0.717, 1.165) is 47.4 Å². The number of primary amides is 2. The average molecular weight is 1040 g/mol. The molecule has 1 heterocycles. The molecule has 1 aliphatic rings. The lowest BCUT2D eigenvalue weighted by molar-refractivity contribution is -0.141. The van der Waals surface area contributed by atoms with E-state index in [1.165, 1.54) is 12.2 Å². The number of carbonyl (C=O) groups excluding carboxylic acids is 11. The van der Waals surface area contributed by atoms with E-state index in [9.17, 15) is 52.7 Å². The summed E-state index contributed by atoms with van der Waals surface area (Å²) in [5, 5.41) is 10.8. The molecule has 75 heavy (non-hydrogen) atoms. The van der Waals surface area contributed by atoms with E-state index in [4.69, 9.17) is 59.9 Å². The number of nitrogens with two attached hydrogens (primary N) is 2. The molecule has 402 valence electrons. The molecule has 0 aromatic rings. The molecular formula is C53H62N4O18. The van der Waals surface area contributed by atoms with Gasteiger partial charge in [0, 0.05) is 105 Å². The zero-order valence-electron chi connectivity index (χ0n) is 41.6. The van der Waals surface area contributed by atoms with Crippen LogP contribution in [0.2, 0.25) is 0 Å². The minimum Gasteiger partial charge on any atom is -0.462 e. The molecule has 6 N–H and O–H groups in total. The van der Waals surface area contributed by atoms with E-state index >= 15 is 0 Å². The number of esters is 6. The van der Waals surface area contributed by atoms with Crippen molar-refractivity contribution in [2.75, 3.05) is 59.3 Å². The summed E-state index contributed by atoms with van der Waals surface area (Å²) in [6.45, 7) is 9.29. The molecule has 0 spiro atoms. The first-order valence-corrected chi connectivity index (χ1v) is 21.6. The summed E-state index contributed by atoms with van der Waals surface area (Å²) in [6.07, 6.45) is 42.5. The Morgan fingerprint density at radius 1 is 0.573 bits per heavy atom. The minimum atomic E-state index is -0.699. The number of hydrogen-bond donors (Lipinski definition) is 4. The first kappa shape index (κ1) is 74.1. The van der Waals surface area contributed by atoms with Gasteiger partial charge in [0.1, 0.15) is 26.4 Å². The number of nitrogens with one attached hydrogen (secondary N) is 1. The van der Waals surface area contributed by atoms with Crippen LogP contribution in [-0.2, 0) is 81.2 Å². The maximum atomic E-state index is 11.1. The van der Waals surface area contributed by atoms with Crippen LogP contribution in [0.25, 0.3) is 0 Å². The molecule has 0 aromatic carbocycles. The number of hydrogen-bond acceptors (Lipinski definition) is 18. The van der Waals surface area contributed by atoms with Crippen LogP contribution in [0, 0.1) is 74.1 Å². The number of amides is 5. The van der Waals surface area contributed by atoms with Gasteiger partial charge in [-0.2, -0.15) is 0 Å². The number of ether oxygens (including phenoxy) is 6. The monoisotopic (exact) mass is 1040 g/mol. The van der Waals surface area contributed by atoms with Gasteiger partial charge >= 0.3 is 35.8 Å². The second kappa shape index (κ2) is 55.1. The predicted octanol–water partition coefficient (Wildman–Crippen LogP) is 0.532. The van der Waals surface area contributed by atoms with Crippen LogP contribution in [0.15, 0.2) is 73.4 Å². The van der Waals surface area contributed by atoms with Gasteiger partial charge < -0.3 is 50.3 Å². The lowest BCUT2D eigenvalue weighted by Crippen LogP contribution is -2.34. The molecule has 0 fully saturated rings. The van der Waals surface area contributed by atoms with Crippen LogP contribution < -0.4 is 16.8 Å². The molecule has 0 atom stereocenters. The topological polar surface area (TPSA) is 331 Å². The summed E-state index contributed by atoms with van der Waals surface area (Å²) >= 11 is 0. The van der Waals surface area contributed by atoms with Crippen molar-refractivity contribution in [1.82, 2.24) is 10.2 Å². The third-order valence-corrected chi connectivity index (χ3v) is 6.70. The van der Waals surface area contributed by atoms with Crippen molar-refractivity contribution in [3.63, 3.8) is 0 Å². The molecule has 0 unspecified atom stereocenters. The maximum absolute atomic E-state index is 11.1. The number of aliphatic hydroxyl groups is 1. The van der Waals surface area contributed by atoms with Crippen molar-refractivity contribution in [1.29, 1.82) is 0 Å². The fraction of sp³-hybridized carbons (Fsp3) is 0.340. The van der Waals surface area contributed by atoms with E-state index in [1.807, 2.05) is 0 Å². The molecule has 5 amide bonds. The van der Waals surface area contributed by atoms with E-state index in [2.05, 4.69) is 77.7 Å². The van der Waals surface area contributed by atoms with Crippen LogP contribution >= 0.6 is 0 Å². The number of unbranched alkanes of at least 4 members (excludes halogenated alkanes) is 2. The normalized spacial score (nSPS) is 10.0. The fourth-order valence-corrected chi connectivity index (χ4v) is 3.38. The molecule has 22 heteroatoms. The van der Waals surface area contributed by atoms with E-state index in [-0.39, 0.29) is 89.4 Å². The second-order valence-corrected chi connectivity index (χ2v) is 12.9. The first-order chi connectivity index (χ1) is 35.7. The van der Waals surface area contributed by atoms with Gasteiger partial charge in [0.25, 0.3) is 11.8 Å². The van der Waals surface area contributed by atoms with Gasteiger partial charge in [-0.1, -0.05) is 19.1 Å². The standard InChI is InChI=1S/C11H14O5.C10H10N2O3.C9H11NO3.C8H9NO3.C8H10O2.C7H8O2/c1-2-3-4-8-15-10(13)5-6-11(14)16-9-7-12;1-2-6-11-8(13)5-7-12-9(14)3-4-10(12)15;1-2-3-4-7-13-9(12)6-5-8(10)11;1-2-3-6-12-8(11)5-4-7(9)10;1-4-5-6-10-8(9)7(2)3;1-3-5-6-9-7(8)4-2/h1,5-6,12H,3-4,7-9H2;1,3-4H,5-7H2,(H,11,13);1,5-6H,3-4,7H2,(H2,10,11);1,4-5H,3,6H2,(H2,9,10);1H,2,5-6H2,3H3;1,4H,2,5-6H2/b6-5+;;6-5+;5-4+;;. The van der Waals surface area contributed by atoms with E-state index in [1.54, 1.807) is 6.92 Å². The van der Waals surface area contributed by atoms with Crippen molar-refractivity contribution in [3.8, 4) is 74.1 Å². The van der Waals surface area contributed by atoms with Gasteiger partial charge in [-0.3, -0.25) is 28.9 Å². The number of imide groups is 1. The third-order valence-electron chi connectivity index (χ3n) is 6.70. The molecule has 0 bridgehead atoms. The molecule has 1 aliphatic heterocycles. The Kier molecular flexibility index (Phi) is 54.4. The Balaban J connectivity index is -0.000000264. The highest BCUT2D eigenvalue weighted by Crippen LogP contribution is 2.04. The molecule has 0 aromatic heterocycles. The number of aliphatic hydroxyl groups excluding tert-OH is 1. The quantitative estimate of drug-likeness (QED) is 0.0229. The van der Waals surface area contributed by atoms with Crippen LogP contribution in [0.4, 0.5) is 0 Å². The lowest BCUT2D eigenvalue weighted by Gasteiger charge is -2.12. The van der Waals surface area contributed by atoms with Gasteiger partial charge in [0.15, 0.2) is 0 Å². The van der Waals surface area contributed by atoms with Crippen molar-refractivity contribution in [3.05, 3.63) is 73.4 Å². The number of carbonyl (C=O) groups is 11. The van der Waals surface area contributed by atoms with Crippen LogP contribution in [-0.4, -0.2) is 135 Å². The zero-order valence-corrected chi connectivity index (χ0v) is 41.6. The smallest absolute Gasteiger partial charge is 0.333 e. The van der Waals surface area contributed by atoms with Gasteiger partial charge in [0.05, 0.1) is 26.4 Å². The molecule has 22 nitrogen and oxygen atoms in total. The molecule has 1 rings (SSSR count). The van der Waals surface area contributed by atoms with Crippen LogP contribution in [0.5, 0.6) is 0 Å². The Morgan fingerprint density at radius 3 is 1.28 bits per heavy atom. The predicted molar refractivity (Wildman–Crippen MR) is 272 cm³/mol. The summed E-state index contributed by atoms with van der Waals surface area (Å²) in [5.41, 5.74) is 9.89. The van der Waals surface area contributed by atoms with E-state index in [0.29, 0.717) is 50.5 Å². The van der Waals surface area contributed by atoms with Crippen molar-refractivity contribution in [2.45, 2.75) is 58.3 Å². The Morgan fingerprint density at radius 2 is 0.933 bits per heavy atom. The SMILES string of the molecule is C#CCCCOC(=O)/C=C/C(=O)OCCO.C#CCCCOC(=O)/C=C/C(N)=O.C#CCCOC(=O)/C=C/C(N)=O.C#CCCOC(=O)C(=C)C.C#CCCOC(=O)C=C.C#CCNC(=O)CCN1C(=O)C=CC1=O. The van der Waals surface area contributed by atoms with Crippen molar-refractivity contribution in [2.24, 2.45) is 11.5 Å². The van der Waals surface area contributed by atoms with Gasteiger partial charge in [-0.15, -0.1) is 68.1 Å². The second-order valence-electron chi connectivity index (χ2n) is 12.9. The summed E-state index contributed by atoms with van der Waals surface area (Å²) in [5.74, 6) is 8.30. The zero-order chi connectivity index (χ0) is 58.1. The summed E-state index contributed by atoms with van der Waals surface area (Å²) in [4.78, 5) is 119. The summed E-state index contributed by atoms with van der Waals surface area (Å²) < 4.78 is 27.6. The van der Waals surface area contributed by atoms with Crippen molar-refractivity contribution < 1.29 is 86.3 Å². The molecule has 0 aliphatic carbocycles. The highest BCUT2D eigenvalue weighted by Gasteiger charge is 2.23. The minimum absolute atomic E-state index is 0.0703. The van der Waals surface area contributed by atoms with Crippen LogP contribution in [0.1, 0.15) is 58.3 Å². The summed E-state index contributed by atoms with van der Waals surface area (Å²) in [6, 6.07) is 0. The van der Waals surface area contributed by atoms with Gasteiger partial charge in [0.2, 0.25) is 17.7 Å². The summed E-state index contributed by atoms with van der Waals surface area (Å²) in [7, 11) is 0. The van der Waals surface area contributed by atoms with Gasteiger partial charge in [-0.05, 0) is 19.8 Å².